The number of aryl methyl sites for hydroxylation is 1. The first-order valence-electron chi connectivity index (χ1n) is 4.92. The van der Waals surface area contributed by atoms with E-state index in [4.69, 9.17) is 5.11 Å². The molecular weight excluding hydrogens is 208 g/mol. The Morgan fingerprint density at radius 1 is 1.56 bits per heavy atom. The van der Waals surface area contributed by atoms with E-state index >= 15 is 0 Å². The molecule has 1 aromatic heterocycles. The molecule has 0 spiro atoms. The molecule has 0 saturated heterocycles. The number of aliphatic hydroxyl groups is 1. The lowest BCUT2D eigenvalue weighted by Gasteiger charge is -2.04. The van der Waals surface area contributed by atoms with Gasteiger partial charge in [0.15, 0.2) is 6.10 Å². The van der Waals surface area contributed by atoms with Crippen molar-refractivity contribution in [3.05, 3.63) is 29.6 Å². The zero-order valence-corrected chi connectivity index (χ0v) is 8.77. The maximum atomic E-state index is 10.5. The molecule has 0 saturated carbocycles. The van der Waals surface area contributed by atoms with Crippen LogP contribution in [-0.2, 0) is 11.2 Å². The standard InChI is InChI=1S/C11H12N2O3/c1-6-12-8-3-2-7(4-9(8)13-6)5-10(14)11(15)16/h2-4,10,14H,5H2,1H3,(H,12,13)(H,15,16). The number of imidazole rings is 1. The fourth-order valence-corrected chi connectivity index (χ4v) is 1.62. The highest BCUT2D eigenvalue weighted by atomic mass is 16.4. The Morgan fingerprint density at radius 3 is 3.00 bits per heavy atom. The molecule has 0 fully saturated rings. The predicted octanol–water partition coefficient (Wildman–Crippen LogP) is 0.859. The number of nitrogens with zero attached hydrogens (tertiary/aromatic N) is 1. The first-order valence-corrected chi connectivity index (χ1v) is 4.92. The van der Waals surface area contributed by atoms with Crippen LogP contribution in [0.15, 0.2) is 18.2 Å². The SMILES string of the molecule is Cc1nc2ccc(CC(O)C(=O)O)cc2[nH]1. The van der Waals surface area contributed by atoms with Gasteiger partial charge < -0.3 is 15.2 Å². The van der Waals surface area contributed by atoms with E-state index in [1.807, 2.05) is 19.1 Å². The maximum Gasteiger partial charge on any atom is 0.332 e. The van der Waals surface area contributed by atoms with Gasteiger partial charge in [-0.3, -0.25) is 0 Å². The van der Waals surface area contributed by atoms with Gasteiger partial charge in [-0.15, -0.1) is 0 Å². The Bertz CT molecular complexity index is 533. The summed E-state index contributed by atoms with van der Waals surface area (Å²) in [6, 6.07) is 5.39. The number of carboxylic acid groups (broad SMARTS) is 1. The van der Waals surface area contributed by atoms with E-state index in [1.54, 1.807) is 6.07 Å². The number of nitrogens with one attached hydrogen (secondary N) is 1. The van der Waals surface area contributed by atoms with Crippen LogP contribution in [0, 0.1) is 6.92 Å². The smallest absolute Gasteiger partial charge is 0.332 e. The molecule has 0 aliphatic heterocycles. The van der Waals surface area contributed by atoms with Crippen LogP contribution < -0.4 is 0 Å². The molecule has 0 amide bonds. The molecule has 3 N–H and O–H groups in total. The number of benzene rings is 1. The summed E-state index contributed by atoms with van der Waals surface area (Å²) in [6.07, 6.45) is -1.26. The number of rotatable bonds is 3. The Balaban J connectivity index is 2.28. The Morgan fingerprint density at radius 2 is 2.31 bits per heavy atom. The predicted molar refractivity (Wildman–Crippen MR) is 58.2 cm³/mol. The second-order valence-corrected chi connectivity index (χ2v) is 3.73. The monoisotopic (exact) mass is 220 g/mol. The van der Waals surface area contributed by atoms with E-state index in [0.717, 1.165) is 22.4 Å². The summed E-state index contributed by atoms with van der Waals surface area (Å²) in [5.41, 5.74) is 2.46. The number of aromatic nitrogens is 2. The highest BCUT2D eigenvalue weighted by Gasteiger charge is 2.14. The number of carbonyl (C=O) groups is 1. The number of hydrogen-bond acceptors (Lipinski definition) is 3. The Hall–Kier alpha value is -1.88. The minimum Gasteiger partial charge on any atom is -0.479 e. The van der Waals surface area contributed by atoms with Gasteiger partial charge in [0.25, 0.3) is 0 Å². The third-order valence-electron chi connectivity index (χ3n) is 2.38. The number of hydrogen-bond donors (Lipinski definition) is 3. The molecule has 0 radical (unpaired) electrons. The van der Waals surface area contributed by atoms with Crippen LogP contribution in [0.25, 0.3) is 11.0 Å². The van der Waals surface area contributed by atoms with Crippen molar-refractivity contribution in [2.75, 3.05) is 0 Å². The molecule has 2 aromatic rings. The van der Waals surface area contributed by atoms with Crippen molar-refractivity contribution < 1.29 is 15.0 Å². The normalized spacial score (nSPS) is 12.9. The number of fused-ring (bicyclic) bond motifs is 1. The van der Waals surface area contributed by atoms with Crippen LogP contribution in [0.4, 0.5) is 0 Å². The summed E-state index contributed by atoms with van der Waals surface area (Å²) in [5, 5.41) is 17.8. The van der Waals surface area contributed by atoms with E-state index < -0.39 is 12.1 Å². The average Bonchev–Trinajstić information content (AvgIpc) is 2.57. The first-order chi connectivity index (χ1) is 7.56. The molecule has 0 aliphatic rings. The number of aromatic amines is 1. The van der Waals surface area contributed by atoms with Crippen LogP contribution in [0.5, 0.6) is 0 Å². The first kappa shape index (κ1) is 10.6. The van der Waals surface area contributed by atoms with Gasteiger partial charge in [-0.1, -0.05) is 6.07 Å². The zero-order chi connectivity index (χ0) is 11.7. The van der Waals surface area contributed by atoms with Crippen molar-refractivity contribution in [2.45, 2.75) is 19.4 Å². The molecule has 1 atom stereocenters. The van der Waals surface area contributed by atoms with Gasteiger partial charge in [0, 0.05) is 6.42 Å². The molecule has 16 heavy (non-hydrogen) atoms. The number of aliphatic hydroxyl groups excluding tert-OH is 1. The lowest BCUT2D eigenvalue weighted by molar-refractivity contribution is -0.146. The van der Waals surface area contributed by atoms with Crippen molar-refractivity contribution in [3.63, 3.8) is 0 Å². The maximum absolute atomic E-state index is 10.5. The fraction of sp³-hybridized carbons (Fsp3) is 0.273. The molecular formula is C11H12N2O3. The summed E-state index contributed by atoms with van der Waals surface area (Å²) in [6.45, 7) is 1.85. The summed E-state index contributed by atoms with van der Waals surface area (Å²) in [4.78, 5) is 17.8. The van der Waals surface area contributed by atoms with E-state index in [2.05, 4.69) is 9.97 Å². The molecule has 1 aromatic carbocycles. The van der Waals surface area contributed by atoms with Gasteiger partial charge in [0.2, 0.25) is 0 Å². The Kier molecular flexibility index (Phi) is 2.62. The fourth-order valence-electron chi connectivity index (χ4n) is 1.62. The number of H-pyrrole nitrogens is 1. The van der Waals surface area contributed by atoms with Crippen LogP contribution in [0.1, 0.15) is 11.4 Å². The Labute approximate surface area is 91.8 Å². The van der Waals surface area contributed by atoms with Gasteiger partial charge >= 0.3 is 5.97 Å². The summed E-state index contributed by atoms with van der Waals surface area (Å²) < 4.78 is 0. The summed E-state index contributed by atoms with van der Waals surface area (Å²) >= 11 is 0. The molecule has 2 rings (SSSR count). The topological polar surface area (TPSA) is 86.2 Å². The average molecular weight is 220 g/mol. The second-order valence-electron chi connectivity index (χ2n) is 3.73. The van der Waals surface area contributed by atoms with E-state index in [0.29, 0.717) is 0 Å². The largest absolute Gasteiger partial charge is 0.479 e. The van der Waals surface area contributed by atoms with Crippen LogP contribution >= 0.6 is 0 Å². The van der Waals surface area contributed by atoms with Crippen LogP contribution in [0.3, 0.4) is 0 Å². The van der Waals surface area contributed by atoms with E-state index in [-0.39, 0.29) is 6.42 Å². The minimum absolute atomic E-state index is 0.101. The third-order valence-corrected chi connectivity index (χ3v) is 2.38. The van der Waals surface area contributed by atoms with E-state index in [9.17, 15) is 9.90 Å². The van der Waals surface area contributed by atoms with Gasteiger partial charge in [-0.25, -0.2) is 9.78 Å². The molecule has 5 heteroatoms. The number of aliphatic carboxylic acids is 1. The molecule has 1 unspecified atom stereocenters. The molecule has 0 bridgehead atoms. The van der Waals surface area contributed by atoms with Crippen molar-refractivity contribution >= 4 is 17.0 Å². The molecule has 0 aliphatic carbocycles. The van der Waals surface area contributed by atoms with Crippen LogP contribution in [0.2, 0.25) is 0 Å². The second kappa shape index (κ2) is 3.94. The minimum atomic E-state index is -1.36. The van der Waals surface area contributed by atoms with Gasteiger partial charge in [-0.05, 0) is 24.6 Å². The van der Waals surface area contributed by atoms with Gasteiger partial charge in [0.05, 0.1) is 11.0 Å². The third kappa shape index (κ3) is 2.04. The molecule has 5 nitrogen and oxygen atoms in total. The lowest BCUT2D eigenvalue weighted by atomic mass is 10.1. The summed E-state index contributed by atoms with van der Waals surface area (Å²) in [7, 11) is 0. The lowest BCUT2D eigenvalue weighted by Crippen LogP contribution is -2.21. The quantitative estimate of drug-likeness (QED) is 0.716. The van der Waals surface area contributed by atoms with Crippen molar-refractivity contribution in [2.24, 2.45) is 0 Å². The van der Waals surface area contributed by atoms with Crippen LogP contribution in [-0.4, -0.2) is 32.3 Å². The summed E-state index contributed by atoms with van der Waals surface area (Å²) in [5.74, 6) is -0.396. The number of carboxylic acids is 1. The van der Waals surface area contributed by atoms with Crippen molar-refractivity contribution in [3.8, 4) is 0 Å². The highest BCUT2D eigenvalue weighted by Crippen LogP contribution is 2.14. The van der Waals surface area contributed by atoms with Crippen molar-refractivity contribution in [1.29, 1.82) is 0 Å². The zero-order valence-electron chi connectivity index (χ0n) is 8.77. The molecule has 1 heterocycles. The van der Waals surface area contributed by atoms with Crippen molar-refractivity contribution in [1.82, 2.24) is 9.97 Å². The van der Waals surface area contributed by atoms with Gasteiger partial charge in [0.1, 0.15) is 5.82 Å². The highest BCUT2D eigenvalue weighted by molar-refractivity contribution is 5.76. The molecule has 84 valence electrons. The van der Waals surface area contributed by atoms with E-state index in [1.165, 1.54) is 0 Å². The van der Waals surface area contributed by atoms with Gasteiger partial charge in [-0.2, -0.15) is 0 Å².